The number of anilines is 1. The quantitative estimate of drug-likeness (QED) is 0.290. The summed E-state index contributed by atoms with van der Waals surface area (Å²) >= 11 is 0. The Labute approximate surface area is 209 Å². The number of nitrogens with zero attached hydrogens (tertiary/aromatic N) is 4. The van der Waals surface area contributed by atoms with E-state index in [1.54, 1.807) is 7.05 Å². The predicted molar refractivity (Wildman–Crippen MR) is 139 cm³/mol. The molecule has 0 unspecified atom stereocenters. The van der Waals surface area contributed by atoms with Crippen molar-refractivity contribution >= 4 is 22.3 Å². The third kappa shape index (κ3) is 3.12. The monoisotopic (exact) mass is 495 g/mol. The van der Waals surface area contributed by atoms with E-state index in [1.165, 1.54) is 29.8 Å². The summed E-state index contributed by atoms with van der Waals surface area (Å²) < 4.78 is 4.39. The van der Waals surface area contributed by atoms with E-state index < -0.39 is 22.2 Å². The number of benzene rings is 3. The minimum absolute atomic E-state index is 0.154. The molecule has 10 nitrogen and oxygen atoms in total. The van der Waals surface area contributed by atoms with Gasteiger partial charge in [0.1, 0.15) is 5.75 Å². The van der Waals surface area contributed by atoms with Crippen molar-refractivity contribution < 1.29 is 10.0 Å². The van der Waals surface area contributed by atoms with E-state index in [9.17, 15) is 24.8 Å². The van der Waals surface area contributed by atoms with Gasteiger partial charge in [-0.05, 0) is 23.8 Å². The second-order valence-corrected chi connectivity index (χ2v) is 8.96. The highest BCUT2D eigenvalue weighted by molar-refractivity contribution is 5.99. The molecule has 0 spiro atoms. The number of fused-ring (bicyclic) bond motifs is 5. The molecular formula is C27H21N5O5. The second kappa shape index (κ2) is 7.95. The Bertz CT molecular complexity index is 1870. The summed E-state index contributed by atoms with van der Waals surface area (Å²) in [5.41, 5.74) is 2.77. The fraction of sp³-hybridized carbons (Fsp3) is 0.111. The Kier molecular flexibility index (Phi) is 4.80. The molecule has 0 amide bonds. The highest BCUT2D eigenvalue weighted by Crippen LogP contribution is 2.47. The van der Waals surface area contributed by atoms with Crippen LogP contribution in [-0.2, 0) is 14.1 Å². The lowest BCUT2D eigenvalue weighted by atomic mass is 9.98. The van der Waals surface area contributed by atoms with Crippen LogP contribution in [0.1, 0.15) is 17.3 Å². The van der Waals surface area contributed by atoms with Gasteiger partial charge in [0.15, 0.2) is 0 Å². The number of nitro groups is 1. The van der Waals surface area contributed by atoms with Crippen LogP contribution in [0.3, 0.4) is 0 Å². The summed E-state index contributed by atoms with van der Waals surface area (Å²) in [6.45, 7) is 0. The Hall–Kier alpha value is -5.12. The first-order valence-electron chi connectivity index (χ1n) is 11.5. The van der Waals surface area contributed by atoms with Crippen LogP contribution in [0.25, 0.3) is 27.8 Å². The van der Waals surface area contributed by atoms with Crippen molar-refractivity contribution in [3.8, 4) is 22.7 Å². The summed E-state index contributed by atoms with van der Waals surface area (Å²) in [6, 6.07) is 19.8. The van der Waals surface area contributed by atoms with Crippen LogP contribution in [0, 0.1) is 10.1 Å². The third-order valence-electron chi connectivity index (χ3n) is 6.91. The van der Waals surface area contributed by atoms with Crippen LogP contribution in [0.4, 0.5) is 11.4 Å². The van der Waals surface area contributed by atoms with E-state index in [4.69, 9.17) is 0 Å². The zero-order valence-corrected chi connectivity index (χ0v) is 19.9. The lowest BCUT2D eigenvalue weighted by Gasteiger charge is -2.31. The molecule has 3 heterocycles. The first kappa shape index (κ1) is 22.4. The third-order valence-corrected chi connectivity index (χ3v) is 6.91. The van der Waals surface area contributed by atoms with Gasteiger partial charge in [0.05, 0.1) is 44.6 Å². The minimum atomic E-state index is -0.813. The van der Waals surface area contributed by atoms with Crippen LogP contribution in [0.5, 0.6) is 5.75 Å². The highest BCUT2D eigenvalue weighted by Gasteiger charge is 2.36. The Morgan fingerprint density at radius 1 is 0.946 bits per heavy atom. The van der Waals surface area contributed by atoms with Crippen molar-refractivity contribution in [3.63, 3.8) is 0 Å². The first-order chi connectivity index (χ1) is 17.8. The zero-order valence-electron chi connectivity index (χ0n) is 19.9. The molecule has 6 rings (SSSR count). The Balaban J connectivity index is 1.85. The van der Waals surface area contributed by atoms with Crippen molar-refractivity contribution in [1.29, 1.82) is 0 Å². The number of aryl methyl sites for hydroxylation is 1. The summed E-state index contributed by atoms with van der Waals surface area (Å²) in [5.74, 6) is -0.154. The van der Waals surface area contributed by atoms with E-state index in [-0.39, 0.29) is 17.0 Å². The summed E-state index contributed by atoms with van der Waals surface area (Å²) in [5, 5.41) is 26.2. The number of non-ortho nitro benzene ring substituents is 1. The number of phenolic OH excluding ortho intramolecular Hbond substituents is 1. The van der Waals surface area contributed by atoms with Crippen LogP contribution < -0.4 is 16.6 Å². The molecule has 37 heavy (non-hydrogen) atoms. The number of phenols is 1. The Morgan fingerprint density at radius 3 is 2.38 bits per heavy atom. The number of nitrogens with one attached hydrogen (secondary N) is 1. The SMILES string of the molecule is Cn1c(=O)c2c(-c3ccccc3)n3c(c2n(C)c1=O)[C@@H](c1cc([N+](=O)[O-])ccc1O)Nc1ccccc1-3. The van der Waals surface area contributed by atoms with Gasteiger partial charge in [-0.1, -0.05) is 42.5 Å². The van der Waals surface area contributed by atoms with Crippen molar-refractivity contribution in [1.82, 2.24) is 13.7 Å². The number of rotatable bonds is 3. The van der Waals surface area contributed by atoms with E-state index >= 15 is 0 Å². The molecule has 0 aliphatic carbocycles. The lowest BCUT2D eigenvalue weighted by Crippen LogP contribution is -2.37. The van der Waals surface area contributed by atoms with Gasteiger partial charge in [-0.2, -0.15) is 0 Å². The van der Waals surface area contributed by atoms with Crippen molar-refractivity contribution in [2.75, 3.05) is 5.32 Å². The van der Waals surface area contributed by atoms with Crippen LogP contribution in [-0.4, -0.2) is 23.7 Å². The van der Waals surface area contributed by atoms with Gasteiger partial charge >= 0.3 is 5.69 Å². The van der Waals surface area contributed by atoms with Gasteiger partial charge < -0.3 is 15.0 Å². The molecule has 0 saturated carbocycles. The Morgan fingerprint density at radius 2 is 1.65 bits per heavy atom. The van der Waals surface area contributed by atoms with Crippen LogP contribution in [0.2, 0.25) is 0 Å². The molecule has 0 saturated heterocycles. The van der Waals surface area contributed by atoms with E-state index in [1.807, 2.05) is 59.2 Å². The van der Waals surface area contributed by atoms with Crippen LogP contribution >= 0.6 is 0 Å². The normalized spacial score (nSPS) is 14.2. The number of aromatic nitrogens is 3. The molecule has 5 aromatic rings. The zero-order chi connectivity index (χ0) is 26.0. The number of hydrogen-bond donors (Lipinski definition) is 2. The second-order valence-electron chi connectivity index (χ2n) is 8.96. The van der Waals surface area contributed by atoms with Crippen molar-refractivity contribution in [2.24, 2.45) is 14.1 Å². The molecule has 0 fully saturated rings. The number of para-hydroxylation sites is 2. The minimum Gasteiger partial charge on any atom is -0.508 e. The van der Waals surface area contributed by atoms with Gasteiger partial charge in [-0.15, -0.1) is 0 Å². The largest absolute Gasteiger partial charge is 0.508 e. The summed E-state index contributed by atoms with van der Waals surface area (Å²) in [7, 11) is 3.02. The molecule has 3 aromatic carbocycles. The highest BCUT2D eigenvalue weighted by atomic mass is 16.6. The first-order valence-corrected chi connectivity index (χ1v) is 11.5. The van der Waals surface area contributed by atoms with Gasteiger partial charge in [0.2, 0.25) is 0 Å². The standard InChI is InChI=1S/C27H21N5O5/c1-29-24-21(26(34)30(2)27(29)35)23(15-8-4-3-5-9-15)31-19-11-7-6-10-18(19)28-22(25(24)31)17-14-16(32(36)37)12-13-20(17)33/h3-14,22,28,33H,1-2H3/t22-/m1/s1. The average Bonchev–Trinajstić information content (AvgIpc) is 3.27. The maximum atomic E-state index is 13.7. The van der Waals surface area contributed by atoms with E-state index in [0.717, 1.165) is 15.8 Å². The van der Waals surface area contributed by atoms with Crippen molar-refractivity contribution in [2.45, 2.75) is 6.04 Å². The summed E-state index contributed by atoms with van der Waals surface area (Å²) in [6.07, 6.45) is 0. The fourth-order valence-corrected chi connectivity index (χ4v) is 5.21. The number of aromatic hydroxyl groups is 1. The van der Waals surface area contributed by atoms with E-state index in [2.05, 4.69) is 5.32 Å². The molecular weight excluding hydrogens is 474 g/mol. The molecule has 1 aliphatic rings. The molecule has 2 aromatic heterocycles. The fourth-order valence-electron chi connectivity index (χ4n) is 5.21. The smallest absolute Gasteiger partial charge is 0.331 e. The average molecular weight is 495 g/mol. The maximum absolute atomic E-state index is 13.7. The molecule has 1 aliphatic heterocycles. The van der Waals surface area contributed by atoms with Crippen molar-refractivity contribution in [3.05, 3.63) is 115 Å². The van der Waals surface area contributed by atoms with Crippen LogP contribution in [0.15, 0.2) is 82.4 Å². The van der Waals surface area contributed by atoms with E-state index in [0.29, 0.717) is 28.0 Å². The summed E-state index contributed by atoms with van der Waals surface area (Å²) in [4.78, 5) is 37.8. The van der Waals surface area contributed by atoms with Gasteiger partial charge in [0.25, 0.3) is 11.2 Å². The molecule has 184 valence electrons. The molecule has 0 bridgehead atoms. The maximum Gasteiger partial charge on any atom is 0.331 e. The lowest BCUT2D eigenvalue weighted by molar-refractivity contribution is -0.384. The molecule has 10 heteroatoms. The molecule has 2 N–H and O–H groups in total. The number of nitro benzene ring substituents is 1. The van der Waals surface area contributed by atoms with Gasteiger partial charge in [0, 0.05) is 31.8 Å². The number of hydrogen-bond acceptors (Lipinski definition) is 6. The topological polar surface area (TPSA) is 124 Å². The van der Waals surface area contributed by atoms with Gasteiger partial charge in [-0.3, -0.25) is 24.0 Å². The predicted octanol–water partition coefficient (Wildman–Crippen LogP) is 3.82. The molecule has 1 atom stereocenters. The van der Waals surface area contributed by atoms with Gasteiger partial charge in [-0.25, -0.2) is 4.79 Å². The molecule has 0 radical (unpaired) electrons.